The Balaban J connectivity index is 2.00. The minimum absolute atomic E-state index is 0.00892. The molecule has 18 heavy (non-hydrogen) atoms. The Labute approximate surface area is 106 Å². The zero-order chi connectivity index (χ0) is 12.6. The van der Waals surface area contributed by atoms with Crippen LogP contribution in [-0.2, 0) is 12.3 Å². The van der Waals surface area contributed by atoms with Gasteiger partial charge in [0.25, 0.3) is 5.92 Å². The molecule has 1 aliphatic carbocycles. The van der Waals surface area contributed by atoms with Crippen molar-refractivity contribution in [2.75, 3.05) is 31.1 Å². The number of hydrogen-bond donors (Lipinski definition) is 1. The van der Waals surface area contributed by atoms with E-state index < -0.39 is 5.92 Å². The van der Waals surface area contributed by atoms with E-state index in [2.05, 4.69) is 10.2 Å². The summed E-state index contributed by atoms with van der Waals surface area (Å²) in [4.78, 5) is 2.23. The summed E-state index contributed by atoms with van der Waals surface area (Å²) < 4.78 is 27.8. The highest BCUT2D eigenvalue weighted by Crippen LogP contribution is 2.43. The summed E-state index contributed by atoms with van der Waals surface area (Å²) in [7, 11) is 0. The summed E-state index contributed by atoms with van der Waals surface area (Å²) in [6.07, 6.45) is 1.36. The first-order chi connectivity index (χ1) is 8.68. The lowest BCUT2D eigenvalue weighted by molar-refractivity contribution is -0.0216. The third kappa shape index (κ3) is 1.99. The molecule has 1 aliphatic heterocycles. The van der Waals surface area contributed by atoms with Gasteiger partial charge in [0.1, 0.15) is 0 Å². The molecule has 0 amide bonds. The van der Waals surface area contributed by atoms with Crippen molar-refractivity contribution in [3.05, 3.63) is 29.3 Å². The second-order valence-electron chi connectivity index (χ2n) is 5.10. The molecule has 0 bridgehead atoms. The van der Waals surface area contributed by atoms with Crippen LogP contribution in [0.3, 0.4) is 0 Å². The Morgan fingerprint density at radius 2 is 1.94 bits per heavy atom. The first-order valence-corrected chi connectivity index (χ1v) is 6.64. The Morgan fingerprint density at radius 3 is 2.72 bits per heavy atom. The van der Waals surface area contributed by atoms with Gasteiger partial charge in [-0.15, -0.1) is 0 Å². The molecule has 2 nitrogen and oxygen atoms in total. The lowest BCUT2D eigenvalue weighted by atomic mass is 9.87. The molecule has 0 radical (unpaired) electrons. The maximum Gasteiger partial charge on any atom is 0.273 e. The highest BCUT2D eigenvalue weighted by atomic mass is 19.3. The molecule has 1 N–H and O–H groups in total. The number of alkyl halides is 2. The molecule has 1 heterocycles. The van der Waals surface area contributed by atoms with Crippen LogP contribution < -0.4 is 10.2 Å². The molecule has 0 unspecified atom stereocenters. The number of rotatable bonds is 1. The predicted molar refractivity (Wildman–Crippen MR) is 68.4 cm³/mol. The maximum atomic E-state index is 13.9. The van der Waals surface area contributed by atoms with Crippen LogP contribution in [0.5, 0.6) is 0 Å². The standard InChI is InChI=1S/C14H18F2N2/c15-14(16)6-2-3-11-12(14)4-1-5-13(11)18-9-7-17-8-10-18/h1,4-5,17H,2-3,6-10H2. The lowest BCUT2D eigenvalue weighted by Crippen LogP contribution is -2.44. The van der Waals surface area contributed by atoms with Gasteiger partial charge >= 0.3 is 0 Å². The highest BCUT2D eigenvalue weighted by Gasteiger charge is 2.37. The predicted octanol–water partition coefficient (Wildman–Crippen LogP) is 2.52. The van der Waals surface area contributed by atoms with Crippen molar-refractivity contribution in [3.63, 3.8) is 0 Å². The molecule has 0 aromatic heterocycles. The molecule has 0 atom stereocenters. The molecule has 1 fully saturated rings. The zero-order valence-corrected chi connectivity index (χ0v) is 10.4. The summed E-state index contributed by atoms with van der Waals surface area (Å²) in [5, 5.41) is 3.29. The Morgan fingerprint density at radius 1 is 1.17 bits per heavy atom. The fourth-order valence-electron chi connectivity index (χ4n) is 3.00. The molecular formula is C14H18F2N2. The van der Waals surface area contributed by atoms with Gasteiger partial charge in [-0.05, 0) is 24.5 Å². The topological polar surface area (TPSA) is 15.3 Å². The van der Waals surface area contributed by atoms with Crippen LogP contribution >= 0.6 is 0 Å². The van der Waals surface area contributed by atoms with Gasteiger partial charge in [0.05, 0.1) is 0 Å². The molecular weight excluding hydrogens is 234 g/mol. The third-order valence-corrected chi connectivity index (χ3v) is 3.92. The normalized spacial score (nSPS) is 22.7. The van der Waals surface area contributed by atoms with Crippen LogP contribution in [0.4, 0.5) is 14.5 Å². The van der Waals surface area contributed by atoms with Crippen LogP contribution in [0, 0.1) is 0 Å². The van der Waals surface area contributed by atoms with Crippen LogP contribution in [0.1, 0.15) is 24.0 Å². The lowest BCUT2D eigenvalue weighted by Gasteiger charge is -2.34. The van der Waals surface area contributed by atoms with Gasteiger partial charge < -0.3 is 10.2 Å². The van der Waals surface area contributed by atoms with Crippen molar-refractivity contribution >= 4 is 5.69 Å². The molecule has 1 aromatic rings. The Bertz CT molecular complexity index is 439. The number of fused-ring (bicyclic) bond motifs is 1. The van der Waals surface area contributed by atoms with Crippen molar-refractivity contribution in [3.8, 4) is 0 Å². The number of nitrogens with one attached hydrogen (secondary N) is 1. The smallest absolute Gasteiger partial charge is 0.273 e. The van der Waals surface area contributed by atoms with Gasteiger partial charge in [-0.3, -0.25) is 0 Å². The molecule has 1 aromatic carbocycles. The largest absolute Gasteiger partial charge is 0.369 e. The van der Waals surface area contributed by atoms with Crippen LogP contribution in [0.25, 0.3) is 0 Å². The molecule has 3 rings (SSSR count). The van der Waals surface area contributed by atoms with Crippen molar-refractivity contribution in [1.29, 1.82) is 0 Å². The van der Waals surface area contributed by atoms with Crippen molar-refractivity contribution in [1.82, 2.24) is 5.32 Å². The Kier molecular flexibility index (Phi) is 2.98. The van der Waals surface area contributed by atoms with E-state index in [-0.39, 0.29) is 12.0 Å². The number of piperazine rings is 1. The summed E-state index contributed by atoms with van der Waals surface area (Å²) in [5.74, 6) is -2.64. The third-order valence-electron chi connectivity index (χ3n) is 3.92. The van der Waals surface area contributed by atoms with E-state index in [0.717, 1.165) is 43.9 Å². The first-order valence-electron chi connectivity index (χ1n) is 6.64. The number of nitrogens with zero attached hydrogens (tertiary/aromatic N) is 1. The van der Waals surface area contributed by atoms with E-state index in [1.54, 1.807) is 12.1 Å². The molecule has 98 valence electrons. The second-order valence-corrected chi connectivity index (χ2v) is 5.10. The maximum absolute atomic E-state index is 13.9. The quantitative estimate of drug-likeness (QED) is 0.826. The van der Waals surface area contributed by atoms with E-state index in [1.807, 2.05) is 6.07 Å². The first kappa shape index (κ1) is 11.9. The van der Waals surface area contributed by atoms with E-state index in [1.165, 1.54) is 0 Å². The zero-order valence-electron chi connectivity index (χ0n) is 10.4. The van der Waals surface area contributed by atoms with Gasteiger partial charge in [0.2, 0.25) is 0 Å². The van der Waals surface area contributed by atoms with Crippen LogP contribution in [0.15, 0.2) is 18.2 Å². The minimum atomic E-state index is -2.64. The minimum Gasteiger partial charge on any atom is -0.369 e. The van der Waals surface area contributed by atoms with Gasteiger partial charge in [0.15, 0.2) is 0 Å². The van der Waals surface area contributed by atoms with Gasteiger partial charge in [-0.1, -0.05) is 12.1 Å². The van der Waals surface area contributed by atoms with E-state index in [9.17, 15) is 8.78 Å². The van der Waals surface area contributed by atoms with Crippen LogP contribution in [-0.4, -0.2) is 26.2 Å². The summed E-state index contributed by atoms with van der Waals surface area (Å²) >= 11 is 0. The fraction of sp³-hybridized carbons (Fsp3) is 0.571. The number of anilines is 1. The van der Waals surface area contributed by atoms with E-state index >= 15 is 0 Å². The average Bonchev–Trinajstić information content (AvgIpc) is 2.39. The molecule has 1 saturated heterocycles. The van der Waals surface area contributed by atoms with Gasteiger partial charge in [-0.25, -0.2) is 8.78 Å². The van der Waals surface area contributed by atoms with Crippen molar-refractivity contribution in [2.24, 2.45) is 0 Å². The average molecular weight is 252 g/mol. The molecule has 2 aliphatic rings. The monoisotopic (exact) mass is 252 g/mol. The molecule has 4 heteroatoms. The molecule has 0 saturated carbocycles. The summed E-state index contributed by atoms with van der Waals surface area (Å²) in [5.41, 5.74) is 2.15. The van der Waals surface area contributed by atoms with Gasteiger partial charge in [0, 0.05) is 43.9 Å². The van der Waals surface area contributed by atoms with E-state index in [0.29, 0.717) is 6.42 Å². The fourth-order valence-corrected chi connectivity index (χ4v) is 3.00. The second kappa shape index (κ2) is 4.50. The number of benzene rings is 1. The Hall–Kier alpha value is -1.16. The van der Waals surface area contributed by atoms with Crippen LogP contribution in [0.2, 0.25) is 0 Å². The summed E-state index contributed by atoms with van der Waals surface area (Å²) in [6, 6.07) is 5.36. The number of halogens is 2. The SMILES string of the molecule is FC1(F)CCCc2c(N3CCNCC3)cccc21. The van der Waals surface area contributed by atoms with Crippen molar-refractivity contribution in [2.45, 2.75) is 25.2 Å². The number of hydrogen-bond acceptors (Lipinski definition) is 2. The summed E-state index contributed by atoms with van der Waals surface area (Å²) in [6.45, 7) is 3.67. The highest BCUT2D eigenvalue weighted by molar-refractivity contribution is 5.59. The molecule has 0 spiro atoms. The van der Waals surface area contributed by atoms with Gasteiger partial charge in [-0.2, -0.15) is 0 Å². The van der Waals surface area contributed by atoms with Crippen molar-refractivity contribution < 1.29 is 8.78 Å². The van der Waals surface area contributed by atoms with E-state index in [4.69, 9.17) is 0 Å².